The van der Waals surface area contributed by atoms with Crippen LogP contribution in [0.1, 0.15) is 57.4 Å². The molecular formula is C19H25N3O2S2. The van der Waals surface area contributed by atoms with E-state index in [2.05, 4.69) is 10.7 Å². The maximum Gasteiger partial charge on any atom is 0.263 e. The molecule has 2 aromatic heterocycles. The molecule has 0 unspecified atom stereocenters. The monoisotopic (exact) mass is 391 g/mol. The van der Waals surface area contributed by atoms with Crippen LogP contribution in [-0.2, 0) is 11.2 Å². The van der Waals surface area contributed by atoms with Crippen molar-refractivity contribution >= 4 is 34.5 Å². The lowest BCUT2D eigenvalue weighted by Crippen LogP contribution is -2.37. The van der Waals surface area contributed by atoms with Crippen LogP contribution in [0, 0.1) is 6.92 Å². The zero-order valence-corrected chi connectivity index (χ0v) is 16.9. The van der Waals surface area contributed by atoms with Gasteiger partial charge in [-0.2, -0.15) is 0 Å². The first kappa shape index (κ1) is 19.0. The summed E-state index contributed by atoms with van der Waals surface area (Å²) in [5.74, 6) is 0.680. The number of hydrogen-bond donors (Lipinski definition) is 1. The van der Waals surface area contributed by atoms with Gasteiger partial charge in [0.15, 0.2) is 0 Å². The Morgan fingerprint density at radius 3 is 2.73 bits per heavy atom. The molecule has 3 rings (SSSR count). The average Bonchev–Trinajstić information content (AvgIpc) is 3.30. The van der Waals surface area contributed by atoms with Crippen molar-refractivity contribution in [3.8, 4) is 0 Å². The summed E-state index contributed by atoms with van der Waals surface area (Å²) in [6.45, 7) is 6.11. The van der Waals surface area contributed by atoms with Gasteiger partial charge >= 0.3 is 0 Å². The maximum atomic E-state index is 12.5. The number of nitrogens with one attached hydrogen (secondary N) is 1. The van der Waals surface area contributed by atoms with Gasteiger partial charge in [0.1, 0.15) is 0 Å². The Morgan fingerprint density at radius 2 is 2.08 bits per heavy atom. The largest absolute Gasteiger partial charge is 0.356 e. The fourth-order valence-electron chi connectivity index (χ4n) is 3.11. The average molecular weight is 392 g/mol. The van der Waals surface area contributed by atoms with Gasteiger partial charge in [0.2, 0.25) is 5.91 Å². The number of carbonyl (C=O) groups excluding carboxylic acids is 2. The van der Waals surface area contributed by atoms with E-state index in [1.165, 1.54) is 9.88 Å². The quantitative estimate of drug-likeness (QED) is 0.818. The Labute approximate surface area is 162 Å². The highest BCUT2D eigenvalue weighted by Crippen LogP contribution is 2.31. The van der Waals surface area contributed by atoms with Crippen molar-refractivity contribution in [1.29, 1.82) is 0 Å². The number of nitrogens with zero attached hydrogens (tertiary/aromatic N) is 2. The van der Waals surface area contributed by atoms with Crippen molar-refractivity contribution in [2.75, 3.05) is 19.6 Å². The smallest absolute Gasteiger partial charge is 0.263 e. The van der Waals surface area contributed by atoms with Gasteiger partial charge in [-0.1, -0.05) is 6.92 Å². The molecule has 0 atom stereocenters. The molecule has 1 saturated heterocycles. The van der Waals surface area contributed by atoms with Gasteiger partial charge in [0.05, 0.1) is 15.6 Å². The van der Waals surface area contributed by atoms with E-state index < -0.39 is 0 Å². The van der Waals surface area contributed by atoms with E-state index in [0.29, 0.717) is 18.9 Å². The van der Waals surface area contributed by atoms with Crippen LogP contribution in [0.5, 0.6) is 0 Å². The molecule has 0 spiro atoms. The number of amides is 2. The molecule has 5 nitrogen and oxygen atoms in total. The second kappa shape index (κ2) is 8.77. The number of thiophene rings is 1. The SMILES string of the molecule is CCC(=O)NCCc1csc(C2CCN(C(=O)c3ccc(C)s3)CC2)n1. The standard InChI is InChI=1S/C19H25N3O2S2/c1-3-17(23)20-9-6-15-12-25-18(21-15)14-7-10-22(11-8-14)19(24)16-5-4-13(2)26-16/h4-5,12,14H,3,6-11H2,1-2H3,(H,20,23). The molecule has 1 fully saturated rings. The predicted octanol–water partition coefficient (Wildman–Crippen LogP) is 3.60. The van der Waals surface area contributed by atoms with Crippen molar-refractivity contribution in [1.82, 2.24) is 15.2 Å². The first-order valence-electron chi connectivity index (χ1n) is 9.13. The summed E-state index contributed by atoms with van der Waals surface area (Å²) >= 11 is 3.27. The molecule has 26 heavy (non-hydrogen) atoms. The number of piperidine rings is 1. The molecule has 0 radical (unpaired) electrons. The van der Waals surface area contributed by atoms with Crippen molar-refractivity contribution in [3.05, 3.63) is 38.0 Å². The molecule has 0 aromatic carbocycles. The molecule has 2 aromatic rings. The van der Waals surface area contributed by atoms with Crippen LogP contribution in [0.25, 0.3) is 0 Å². The molecule has 0 saturated carbocycles. The number of likely N-dealkylation sites (tertiary alicyclic amines) is 1. The zero-order valence-electron chi connectivity index (χ0n) is 15.3. The molecule has 1 aliphatic heterocycles. The summed E-state index contributed by atoms with van der Waals surface area (Å²) < 4.78 is 0. The van der Waals surface area contributed by atoms with E-state index in [1.54, 1.807) is 22.7 Å². The second-order valence-corrected chi connectivity index (χ2v) is 8.78. The van der Waals surface area contributed by atoms with Gasteiger partial charge in [0, 0.05) is 48.7 Å². The van der Waals surface area contributed by atoms with Crippen LogP contribution < -0.4 is 5.32 Å². The number of thiazole rings is 1. The first-order chi connectivity index (χ1) is 12.6. The maximum absolute atomic E-state index is 12.5. The Kier molecular flexibility index (Phi) is 6.43. The molecule has 1 N–H and O–H groups in total. The van der Waals surface area contributed by atoms with Gasteiger partial charge in [-0.15, -0.1) is 22.7 Å². The summed E-state index contributed by atoms with van der Waals surface area (Å²) in [7, 11) is 0. The lowest BCUT2D eigenvalue weighted by atomic mass is 9.97. The minimum Gasteiger partial charge on any atom is -0.356 e. The van der Waals surface area contributed by atoms with E-state index in [0.717, 1.165) is 42.9 Å². The third-order valence-electron chi connectivity index (χ3n) is 4.68. The van der Waals surface area contributed by atoms with E-state index >= 15 is 0 Å². The van der Waals surface area contributed by atoms with Crippen LogP contribution in [-0.4, -0.2) is 41.3 Å². The van der Waals surface area contributed by atoms with Crippen LogP contribution in [0.15, 0.2) is 17.5 Å². The molecular weight excluding hydrogens is 366 g/mol. The number of aromatic nitrogens is 1. The Bertz CT molecular complexity index is 760. The Hall–Kier alpha value is -1.73. The molecule has 2 amide bonds. The molecule has 0 aliphatic carbocycles. The molecule has 3 heterocycles. The van der Waals surface area contributed by atoms with E-state index in [4.69, 9.17) is 4.98 Å². The Morgan fingerprint density at radius 1 is 1.31 bits per heavy atom. The van der Waals surface area contributed by atoms with Crippen LogP contribution >= 0.6 is 22.7 Å². The highest BCUT2D eigenvalue weighted by atomic mass is 32.1. The molecule has 1 aliphatic rings. The van der Waals surface area contributed by atoms with Gasteiger partial charge in [-0.25, -0.2) is 4.98 Å². The topological polar surface area (TPSA) is 62.3 Å². The van der Waals surface area contributed by atoms with Crippen molar-refractivity contribution in [2.24, 2.45) is 0 Å². The number of hydrogen-bond acceptors (Lipinski definition) is 5. The van der Waals surface area contributed by atoms with Gasteiger partial charge < -0.3 is 10.2 Å². The highest BCUT2D eigenvalue weighted by Gasteiger charge is 2.26. The first-order valence-corrected chi connectivity index (χ1v) is 10.8. The van der Waals surface area contributed by atoms with E-state index in [-0.39, 0.29) is 11.8 Å². The summed E-state index contributed by atoms with van der Waals surface area (Å²) in [5.41, 5.74) is 1.05. The van der Waals surface area contributed by atoms with Crippen LogP contribution in [0.2, 0.25) is 0 Å². The number of aryl methyl sites for hydroxylation is 1. The normalized spacial score (nSPS) is 15.2. The number of rotatable bonds is 6. The van der Waals surface area contributed by atoms with Crippen LogP contribution in [0.4, 0.5) is 0 Å². The zero-order chi connectivity index (χ0) is 18.5. The van der Waals surface area contributed by atoms with Crippen molar-refractivity contribution in [3.63, 3.8) is 0 Å². The summed E-state index contributed by atoms with van der Waals surface area (Å²) in [6.07, 6.45) is 3.23. The fraction of sp³-hybridized carbons (Fsp3) is 0.526. The lowest BCUT2D eigenvalue weighted by Gasteiger charge is -2.30. The minimum atomic E-state index is 0.0819. The third kappa shape index (κ3) is 4.71. The summed E-state index contributed by atoms with van der Waals surface area (Å²) in [4.78, 5) is 32.6. The lowest BCUT2D eigenvalue weighted by molar-refractivity contribution is -0.120. The Balaban J connectivity index is 1.49. The van der Waals surface area contributed by atoms with E-state index in [1.807, 2.05) is 30.9 Å². The van der Waals surface area contributed by atoms with Gasteiger partial charge in [-0.3, -0.25) is 9.59 Å². The van der Waals surface area contributed by atoms with Crippen molar-refractivity contribution < 1.29 is 9.59 Å². The molecule has 140 valence electrons. The minimum absolute atomic E-state index is 0.0819. The highest BCUT2D eigenvalue weighted by molar-refractivity contribution is 7.13. The molecule has 0 bridgehead atoms. The fourth-order valence-corrected chi connectivity index (χ4v) is 4.98. The third-order valence-corrected chi connectivity index (χ3v) is 6.72. The predicted molar refractivity (Wildman–Crippen MR) is 106 cm³/mol. The van der Waals surface area contributed by atoms with E-state index in [9.17, 15) is 9.59 Å². The van der Waals surface area contributed by atoms with Crippen molar-refractivity contribution in [2.45, 2.75) is 45.4 Å². The summed E-state index contributed by atoms with van der Waals surface area (Å²) in [5, 5.41) is 6.15. The van der Waals surface area contributed by atoms with Gasteiger partial charge in [-0.05, 0) is 31.9 Å². The van der Waals surface area contributed by atoms with Crippen LogP contribution in [0.3, 0.4) is 0 Å². The number of carbonyl (C=O) groups is 2. The molecule has 7 heteroatoms. The second-order valence-electron chi connectivity index (χ2n) is 6.61. The summed E-state index contributed by atoms with van der Waals surface area (Å²) in [6, 6.07) is 3.93. The van der Waals surface area contributed by atoms with Gasteiger partial charge in [0.25, 0.3) is 5.91 Å².